The molecule has 3 heteroatoms. The maximum atomic E-state index is 11.4. The van der Waals surface area contributed by atoms with Crippen LogP contribution in [0.15, 0.2) is 0 Å². The van der Waals surface area contributed by atoms with Gasteiger partial charge in [0.1, 0.15) is 5.78 Å². The van der Waals surface area contributed by atoms with Gasteiger partial charge >= 0.3 is 0 Å². The highest BCUT2D eigenvalue weighted by molar-refractivity contribution is 5.82. The Morgan fingerprint density at radius 1 is 1.46 bits per heavy atom. The number of hydrogen-bond acceptors (Lipinski definition) is 3. The summed E-state index contributed by atoms with van der Waals surface area (Å²) in [4.78, 5) is 13.4. The molecule has 0 aliphatic rings. The maximum Gasteiger partial charge on any atom is 0.149 e. The summed E-state index contributed by atoms with van der Waals surface area (Å²) in [6, 6.07) is 0. The zero-order valence-corrected chi connectivity index (χ0v) is 8.92. The molecule has 0 bridgehead atoms. The molecule has 0 unspecified atom stereocenters. The molecular formula is C10H21NO2. The number of aliphatic hydroxyl groups is 1. The zero-order valence-electron chi connectivity index (χ0n) is 8.92. The van der Waals surface area contributed by atoms with Crippen molar-refractivity contribution < 1.29 is 9.90 Å². The lowest BCUT2D eigenvalue weighted by Gasteiger charge is -2.19. The lowest BCUT2D eigenvalue weighted by molar-refractivity contribution is -0.123. The van der Waals surface area contributed by atoms with Crippen LogP contribution in [0.5, 0.6) is 0 Å². The van der Waals surface area contributed by atoms with Crippen molar-refractivity contribution in [2.24, 2.45) is 5.92 Å². The topological polar surface area (TPSA) is 40.5 Å². The van der Waals surface area contributed by atoms with Gasteiger partial charge in [-0.15, -0.1) is 0 Å². The van der Waals surface area contributed by atoms with Crippen LogP contribution in [-0.4, -0.2) is 42.0 Å². The molecule has 0 aromatic rings. The number of carbonyl (C=O) groups is 1. The molecule has 0 amide bonds. The van der Waals surface area contributed by atoms with E-state index in [1.165, 1.54) is 0 Å². The number of rotatable bonds is 7. The van der Waals surface area contributed by atoms with Gasteiger partial charge in [0.05, 0.1) is 6.54 Å². The molecule has 1 N–H and O–H groups in total. The fraction of sp³-hybridized carbons (Fsp3) is 0.900. The molecule has 0 fully saturated rings. The van der Waals surface area contributed by atoms with Gasteiger partial charge in [-0.25, -0.2) is 0 Å². The summed E-state index contributed by atoms with van der Waals surface area (Å²) in [5.41, 5.74) is 0. The average Bonchev–Trinajstić information content (AvgIpc) is 2.11. The predicted octanol–water partition coefficient (Wildman–Crippen LogP) is 0.916. The minimum atomic E-state index is 0.114. The number of aliphatic hydroxyl groups excluding tert-OH is 1. The summed E-state index contributed by atoms with van der Waals surface area (Å²) in [6.07, 6.45) is 0.749. The first kappa shape index (κ1) is 12.6. The van der Waals surface area contributed by atoms with E-state index in [1.54, 1.807) is 0 Å². The van der Waals surface area contributed by atoms with Gasteiger partial charge in [-0.1, -0.05) is 20.8 Å². The first-order valence-corrected chi connectivity index (χ1v) is 4.97. The molecule has 78 valence electrons. The van der Waals surface area contributed by atoms with Crippen molar-refractivity contribution in [2.75, 3.05) is 26.2 Å². The van der Waals surface area contributed by atoms with Crippen LogP contribution in [0.1, 0.15) is 27.2 Å². The van der Waals surface area contributed by atoms with Gasteiger partial charge in [-0.3, -0.25) is 9.69 Å². The quantitative estimate of drug-likeness (QED) is 0.644. The molecule has 0 aromatic heterocycles. The molecule has 0 aromatic carbocycles. The molecule has 0 aliphatic carbocycles. The molecule has 0 aliphatic heterocycles. The third kappa shape index (κ3) is 5.77. The van der Waals surface area contributed by atoms with E-state index in [2.05, 4.69) is 4.90 Å². The van der Waals surface area contributed by atoms with Crippen LogP contribution < -0.4 is 0 Å². The predicted molar refractivity (Wildman–Crippen MR) is 53.7 cm³/mol. The number of nitrogens with zero attached hydrogens (tertiary/aromatic N) is 1. The van der Waals surface area contributed by atoms with E-state index in [0.29, 0.717) is 6.54 Å². The van der Waals surface area contributed by atoms with Crippen LogP contribution in [0.4, 0.5) is 0 Å². The second kappa shape index (κ2) is 7.04. The van der Waals surface area contributed by atoms with Crippen LogP contribution in [-0.2, 0) is 4.79 Å². The van der Waals surface area contributed by atoms with Crippen molar-refractivity contribution in [3.05, 3.63) is 0 Å². The summed E-state index contributed by atoms with van der Waals surface area (Å²) in [5, 5.41) is 8.64. The van der Waals surface area contributed by atoms with Crippen LogP contribution in [0.2, 0.25) is 0 Å². The molecule has 0 heterocycles. The van der Waals surface area contributed by atoms with E-state index in [-0.39, 0.29) is 18.3 Å². The first-order chi connectivity index (χ1) is 6.11. The van der Waals surface area contributed by atoms with Crippen molar-refractivity contribution in [3.8, 4) is 0 Å². The second-order valence-corrected chi connectivity index (χ2v) is 3.57. The molecule has 0 atom stereocenters. The largest absolute Gasteiger partial charge is 0.396 e. The molecule has 3 nitrogen and oxygen atoms in total. The van der Waals surface area contributed by atoms with E-state index in [9.17, 15) is 4.79 Å². The fourth-order valence-corrected chi connectivity index (χ4v) is 1.05. The normalized spacial score (nSPS) is 11.2. The number of carbonyl (C=O) groups excluding carboxylic acids is 1. The smallest absolute Gasteiger partial charge is 0.149 e. The van der Waals surface area contributed by atoms with E-state index < -0.39 is 0 Å². The number of hydrogen-bond donors (Lipinski definition) is 1. The van der Waals surface area contributed by atoms with Crippen molar-refractivity contribution in [1.29, 1.82) is 0 Å². The molecular weight excluding hydrogens is 166 g/mol. The lowest BCUT2D eigenvalue weighted by Crippen LogP contribution is -2.32. The van der Waals surface area contributed by atoms with Crippen molar-refractivity contribution in [3.63, 3.8) is 0 Å². The highest BCUT2D eigenvalue weighted by atomic mass is 16.3. The van der Waals surface area contributed by atoms with Crippen molar-refractivity contribution >= 4 is 5.78 Å². The van der Waals surface area contributed by atoms with Gasteiger partial charge in [-0.05, 0) is 13.0 Å². The van der Waals surface area contributed by atoms with E-state index in [0.717, 1.165) is 19.5 Å². The Kier molecular flexibility index (Phi) is 6.82. The molecule has 13 heavy (non-hydrogen) atoms. The van der Waals surface area contributed by atoms with Crippen LogP contribution in [0.3, 0.4) is 0 Å². The average molecular weight is 187 g/mol. The van der Waals surface area contributed by atoms with Gasteiger partial charge in [0.2, 0.25) is 0 Å². The molecule has 0 spiro atoms. The second-order valence-electron chi connectivity index (χ2n) is 3.57. The number of likely N-dealkylation sites (N-methyl/N-ethyl adjacent to an activating group) is 1. The first-order valence-electron chi connectivity index (χ1n) is 4.97. The molecule has 0 saturated heterocycles. The highest BCUT2D eigenvalue weighted by Crippen LogP contribution is 1.98. The maximum absolute atomic E-state index is 11.4. The molecule has 0 radical (unpaired) electrons. The Bertz CT molecular complexity index is 146. The third-order valence-corrected chi connectivity index (χ3v) is 2.10. The zero-order chi connectivity index (χ0) is 10.3. The van der Waals surface area contributed by atoms with E-state index >= 15 is 0 Å². The fourth-order valence-electron chi connectivity index (χ4n) is 1.05. The third-order valence-electron chi connectivity index (χ3n) is 2.10. The van der Waals surface area contributed by atoms with Gasteiger partial charge < -0.3 is 5.11 Å². The summed E-state index contributed by atoms with van der Waals surface area (Å²) >= 11 is 0. The SMILES string of the molecule is CCN(CCCO)CC(=O)C(C)C. The Morgan fingerprint density at radius 3 is 2.46 bits per heavy atom. The van der Waals surface area contributed by atoms with Gasteiger partial charge in [0, 0.05) is 19.1 Å². The lowest BCUT2D eigenvalue weighted by atomic mass is 10.1. The number of ketones is 1. The van der Waals surface area contributed by atoms with Crippen molar-refractivity contribution in [1.82, 2.24) is 4.90 Å². The minimum Gasteiger partial charge on any atom is -0.396 e. The summed E-state index contributed by atoms with van der Waals surface area (Å²) in [5.74, 6) is 0.392. The van der Waals surface area contributed by atoms with Crippen LogP contribution in [0, 0.1) is 5.92 Å². The summed E-state index contributed by atoms with van der Waals surface area (Å²) in [6.45, 7) is 8.28. The van der Waals surface area contributed by atoms with Crippen molar-refractivity contribution in [2.45, 2.75) is 27.2 Å². The Hall–Kier alpha value is -0.410. The van der Waals surface area contributed by atoms with Crippen LogP contribution in [0.25, 0.3) is 0 Å². The van der Waals surface area contributed by atoms with Gasteiger partial charge in [-0.2, -0.15) is 0 Å². The minimum absolute atomic E-state index is 0.114. The van der Waals surface area contributed by atoms with Crippen LogP contribution >= 0.6 is 0 Å². The Balaban J connectivity index is 3.76. The molecule has 0 rings (SSSR count). The Morgan fingerprint density at radius 2 is 2.08 bits per heavy atom. The molecule has 0 saturated carbocycles. The van der Waals surface area contributed by atoms with Gasteiger partial charge in [0.25, 0.3) is 0 Å². The van der Waals surface area contributed by atoms with E-state index in [1.807, 2.05) is 20.8 Å². The van der Waals surface area contributed by atoms with E-state index in [4.69, 9.17) is 5.11 Å². The number of Topliss-reactive ketones (excluding diaryl/α,β-unsaturated/α-hetero) is 1. The highest BCUT2D eigenvalue weighted by Gasteiger charge is 2.11. The monoisotopic (exact) mass is 187 g/mol. The summed E-state index contributed by atoms with van der Waals surface area (Å²) in [7, 11) is 0. The standard InChI is InChI=1S/C10H21NO2/c1-4-11(6-5-7-12)8-10(13)9(2)3/h9,12H,4-8H2,1-3H3. The summed E-state index contributed by atoms with van der Waals surface area (Å²) < 4.78 is 0. The van der Waals surface area contributed by atoms with Gasteiger partial charge in [0.15, 0.2) is 0 Å². The Labute approximate surface area is 80.7 Å².